The Morgan fingerprint density at radius 3 is 2.86 bits per heavy atom. The Morgan fingerprint density at radius 2 is 2.19 bits per heavy atom. The number of benzene rings is 1. The molecule has 0 amide bonds. The number of sulfonamides is 1. The second kappa shape index (κ2) is 6.77. The number of rotatable bonds is 4. The van der Waals surface area contributed by atoms with E-state index < -0.39 is 10.0 Å². The van der Waals surface area contributed by atoms with E-state index in [0.717, 1.165) is 17.3 Å². The predicted molar refractivity (Wildman–Crippen MR) is 87.2 cm³/mol. The lowest BCUT2D eigenvalue weighted by Crippen LogP contribution is -2.39. The van der Waals surface area contributed by atoms with E-state index in [-0.39, 0.29) is 11.7 Å². The second-order valence-corrected chi connectivity index (χ2v) is 8.69. The fourth-order valence-electron chi connectivity index (χ4n) is 2.58. The van der Waals surface area contributed by atoms with Gasteiger partial charge in [0, 0.05) is 29.5 Å². The summed E-state index contributed by atoms with van der Waals surface area (Å²) in [5, 5.41) is 0.430. The van der Waals surface area contributed by atoms with Crippen molar-refractivity contribution in [3.05, 3.63) is 33.3 Å². The molecule has 116 valence electrons. The smallest absolute Gasteiger partial charge is 0.211 e. The summed E-state index contributed by atoms with van der Waals surface area (Å²) in [4.78, 5) is 12.4. The summed E-state index contributed by atoms with van der Waals surface area (Å²) < 4.78 is 25.5. The van der Waals surface area contributed by atoms with Gasteiger partial charge in [0.1, 0.15) is 0 Å². The third-order valence-electron chi connectivity index (χ3n) is 3.65. The maximum atomic E-state index is 12.4. The van der Waals surface area contributed by atoms with Gasteiger partial charge in [-0.15, -0.1) is 0 Å². The minimum Gasteiger partial charge on any atom is -0.294 e. The Morgan fingerprint density at radius 1 is 1.48 bits per heavy atom. The zero-order valence-corrected chi connectivity index (χ0v) is 14.8. The largest absolute Gasteiger partial charge is 0.294 e. The van der Waals surface area contributed by atoms with Gasteiger partial charge >= 0.3 is 0 Å². The van der Waals surface area contributed by atoms with E-state index in [1.807, 2.05) is 0 Å². The molecule has 1 aromatic rings. The van der Waals surface area contributed by atoms with E-state index in [2.05, 4.69) is 15.9 Å². The summed E-state index contributed by atoms with van der Waals surface area (Å²) in [6.45, 7) is 0.956. The van der Waals surface area contributed by atoms with Crippen molar-refractivity contribution in [2.24, 2.45) is 5.92 Å². The van der Waals surface area contributed by atoms with Crippen LogP contribution in [-0.4, -0.2) is 37.9 Å². The lowest BCUT2D eigenvalue weighted by molar-refractivity contribution is 0.0942. The topological polar surface area (TPSA) is 54.5 Å². The number of hydrogen-bond acceptors (Lipinski definition) is 3. The van der Waals surface area contributed by atoms with Crippen LogP contribution in [0, 0.1) is 5.92 Å². The Kier molecular flexibility index (Phi) is 5.46. The molecule has 1 saturated heterocycles. The summed E-state index contributed by atoms with van der Waals surface area (Å²) >= 11 is 9.39. The highest BCUT2D eigenvalue weighted by atomic mass is 79.9. The van der Waals surface area contributed by atoms with Gasteiger partial charge in [0.05, 0.1) is 11.3 Å². The molecule has 1 unspecified atom stereocenters. The lowest BCUT2D eigenvalue weighted by Gasteiger charge is -2.30. The van der Waals surface area contributed by atoms with Crippen LogP contribution in [0.2, 0.25) is 5.02 Å². The van der Waals surface area contributed by atoms with Gasteiger partial charge in [0.15, 0.2) is 5.78 Å². The van der Waals surface area contributed by atoms with Crippen LogP contribution in [0.1, 0.15) is 29.6 Å². The fourth-order valence-corrected chi connectivity index (χ4v) is 4.10. The van der Waals surface area contributed by atoms with Crippen LogP contribution in [0.5, 0.6) is 0 Å². The second-order valence-electron chi connectivity index (χ2n) is 5.38. The van der Waals surface area contributed by atoms with Crippen LogP contribution in [0.3, 0.4) is 0 Å². The number of Topliss-reactive ketones (excluding diaryl/α,β-unsaturated/α-hetero) is 1. The van der Waals surface area contributed by atoms with Crippen molar-refractivity contribution in [3.63, 3.8) is 0 Å². The monoisotopic (exact) mass is 393 g/mol. The molecule has 0 bridgehead atoms. The summed E-state index contributed by atoms with van der Waals surface area (Å²) in [6, 6.07) is 5.18. The minimum absolute atomic E-state index is 0.0401. The average molecular weight is 395 g/mol. The molecule has 1 fully saturated rings. The number of halogens is 2. The first kappa shape index (κ1) is 16.9. The van der Waals surface area contributed by atoms with Gasteiger partial charge < -0.3 is 0 Å². The van der Waals surface area contributed by atoms with Gasteiger partial charge in [0.25, 0.3) is 0 Å². The van der Waals surface area contributed by atoms with Crippen LogP contribution in [0.25, 0.3) is 0 Å². The molecule has 0 spiro atoms. The van der Waals surface area contributed by atoms with Crippen molar-refractivity contribution >= 4 is 43.3 Å². The molecule has 0 aromatic heterocycles. The Labute approximate surface area is 138 Å². The molecule has 0 saturated carbocycles. The molecule has 21 heavy (non-hydrogen) atoms. The number of nitrogens with zero attached hydrogens (tertiary/aromatic N) is 1. The van der Waals surface area contributed by atoms with Crippen LogP contribution in [0.15, 0.2) is 22.7 Å². The highest BCUT2D eigenvalue weighted by Gasteiger charge is 2.27. The molecule has 0 N–H and O–H groups in total. The highest BCUT2D eigenvalue weighted by molar-refractivity contribution is 9.10. The van der Waals surface area contributed by atoms with E-state index in [1.54, 1.807) is 18.2 Å². The molecule has 2 rings (SSSR count). The number of carbonyl (C=O) groups excluding carboxylic acids is 1. The van der Waals surface area contributed by atoms with Crippen molar-refractivity contribution in [2.45, 2.75) is 19.3 Å². The van der Waals surface area contributed by atoms with Crippen LogP contribution in [-0.2, 0) is 10.0 Å². The summed E-state index contributed by atoms with van der Waals surface area (Å²) in [7, 11) is -3.19. The Bertz CT molecular complexity index is 648. The molecule has 0 radical (unpaired) electrons. The Hall–Kier alpha value is -0.430. The summed E-state index contributed by atoms with van der Waals surface area (Å²) in [5.74, 6) is 0.0117. The first-order chi connectivity index (χ1) is 9.77. The van der Waals surface area contributed by atoms with E-state index in [4.69, 9.17) is 11.6 Å². The van der Waals surface area contributed by atoms with Gasteiger partial charge in [0.2, 0.25) is 10.0 Å². The third kappa shape index (κ3) is 4.52. The van der Waals surface area contributed by atoms with Gasteiger partial charge in [-0.2, -0.15) is 0 Å². The highest BCUT2D eigenvalue weighted by Crippen LogP contribution is 2.27. The van der Waals surface area contributed by atoms with Crippen molar-refractivity contribution in [1.29, 1.82) is 0 Å². The van der Waals surface area contributed by atoms with Gasteiger partial charge in [-0.3, -0.25) is 4.79 Å². The molecule has 1 atom stereocenters. The molecule has 1 heterocycles. The molecule has 0 aliphatic carbocycles. The number of carbonyl (C=O) groups is 1. The molecule has 1 aliphatic rings. The van der Waals surface area contributed by atoms with Gasteiger partial charge in [-0.1, -0.05) is 27.5 Å². The molecule has 1 aromatic carbocycles. The Balaban J connectivity index is 2.07. The molecular weight excluding hydrogens is 378 g/mol. The predicted octanol–water partition coefficient (Wildman–Crippen LogP) is 3.35. The summed E-state index contributed by atoms with van der Waals surface area (Å²) in [5.41, 5.74) is 0.488. The molecule has 7 heteroatoms. The standard InChI is InChI=1S/C14H17BrClNO3S/c1-21(19,20)17-6-2-3-10(9-17)7-14(18)12-8-11(15)4-5-13(12)16/h4-5,8,10H,2-3,6-7,9H2,1H3. The normalized spacial score (nSPS) is 20.4. The third-order valence-corrected chi connectivity index (χ3v) is 5.75. The first-order valence-corrected chi connectivity index (χ1v) is 9.72. The van der Waals surface area contributed by atoms with E-state index >= 15 is 0 Å². The van der Waals surface area contributed by atoms with Crippen molar-refractivity contribution in [2.75, 3.05) is 19.3 Å². The molecular formula is C14H17BrClNO3S. The minimum atomic E-state index is -3.19. The maximum Gasteiger partial charge on any atom is 0.211 e. The van der Waals surface area contributed by atoms with Crippen molar-refractivity contribution in [3.8, 4) is 0 Å². The summed E-state index contributed by atoms with van der Waals surface area (Å²) in [6.07, 6.45) is 3.19. The van der Waals surface area contributed by atoms with Gasteiger partial charge in [-0.25, -0.2) is 12.7 Å². The maximum absolute atomic E-state index is 12.4. The first-order valence-electron chi connectivity index (χ1n) is 6.71. The number of ketones is 1. The van der Waals surface area contributed by atoms with Crippen LogP contribution < -0.4 is 0 Å². The fraction of sp³-hybridized carbons (Fsp3) is 0.500. The van der Waals surface area contributed by atoms with Gasteiger partial charge in [-0.05, 0) is 37.0 Å². The zero-order chi connectivity index (χ0) is 15.6. The van der Waals surface area contributed by atoms with Crippen molar-refractivity contribution < 1.29 is 13.2 Å². The van der Waals surface area contributed by atoms with Crippen molar-refractivity contribution in [1.82, 2.24) is 4.31 Å². The zero-order valence-electron chi connectivity index (χ0n) is 11.7. The van der Waals surface area contributed by atoms with Crippen LogP contribution >= 0.6 is 27.5 Å². The van der Waals surface area contributed by atoms with E-state index in [9.17, 15) is 13.2 Å². The number of piperidine rings is 1. The molecule has 4 nitrogen and oxygen atoms in total. The quantitative estimate of drug-likeness (QED) is 0.736. The SMILES string of the molecule is CS(=O)(=O)N1CCCC(CC(=O)c2cc(Br)ccc2Cl)C1. The van der Waals surface area contributed by atoms with Crippen LogP contribution in [0.4, 0.5) is 0 Å². The lowest BCUT2D eigenvalue weighted by atomic mass is 9.92. The number of hydrogen-bond donors (Lipinski definition) is 0. The van der Waals surface area contributed by atoms with E-state index in [0.29, 0.717) is 30.1 Å². The average Bonchev–Trinajstić information content (AvgIpc) is 2.41. The van der Waals surface area contributed by atoms with E-state index in [1.165, 1.54) is 10.6 Å². The molecule has 1 aliphatic heterocycles.